The Balaban J connectivity index is 2.74. The number of aromatic nitrogens is 2. The van der Waals surface area contributed by atoms with Gasteiger partial charge in [0.1, 0.15) is 0 Å². The van der Waals surface area contributed by atoms with E-state index < -0.39 is 0 Å². The first-order valence-electron chi connectivity index (χ1n) is 5.27. The predicted octanol–water partition coefficient (Wildman–Crippen LogP) is 1.13. The van der Waals surface area contributed by atoms with Crippen LogP contribution in [0.3, 0.4) is 0 Å². The minimum absolute atomic E-state index is 0.0892. The molecule has 86 valence electrons. The molecule has 0 radical (unpaired) electrons. The average Bonchev–Trinajstić information content (AvgIpc) is 2.51. The van der Waals surface area contributed by atoms with Crippen LogP contribution >= 0.6 is 0 Å². The van der Waals surface area contributed by atoms with Gasteiger partial charge in [0.05, 0.1) is 12.8 Å². The van der Waals surface area contributed by atoms with E-state index in [4.69, 9.17) is 5.11 Å². The summed E-state index contributed by atoms with van der Waals surface area (Å²) in [6.45, 7) is 8.19. The number of nitrogens with zero attached hydrogens (tertiary/aromatic N) is 2. The maximum atomic E-state index is 8.83. The Morgan fingerprint density at radius 2 is 2.13 bits per heavy atom. The number of likely N-dealkylation sites (N-methyl/N-ethyl adjacent to an activating group) is 1. The van der Waals surface area contributed by atoms with Gasteiger partial charge in [0.15, 0.2) is 0 Å². The Morgan fingerprint density at radius 1 is 1.47 bits per heavy atom. The molecule has 1 heterocycles. The molecule has 0 aromatic carbocycles. The fourth-order valence-corrected chi connectivity index (χ4v) is 1.62. The summed E-state index contributed by atoms with van der Waals surface area (Å²) in [5.74, 6) is 0. The third-order valence-corrected chi connectivity index (χ3v) is 2.39. The molecule has 0 unspecified atom stereocenters. The van der Waals surface area contributed by atoms with E-state index >= 15 is 0 Å². The Kier molecular flexibility index (Phi) is 3.88. The van der Waals surface area contributed by atoms with Gasteiger partial charge in [-0.3, -0.25) is 10.00 Å². The number of rotatable bonds is 4. The van der Waals surface area contributed by atoms with E-state index in [0.29, 0.717) is 6.54 Å². The predicted molar refractivity (Wildman–Crippen MR) is 60.7 cm³/mol. The van der Waals surface area contributed by atoms with Crippen molar-refractivity contribution in [3.8, 4) is 0 Å². The number of hydrogen-bond donors (Lipinski definition) is 2. The monoisotopic (exact) mass is 211 g/mol. The fraction of sp³-hybridized carbons (Fsp3) is 0.727. The van der Waals surface area contributed by atoms with Crippen molar-refractivity contribution < 1.29 is 5.11 Å². The van der Waals surface area contributed by atoms with Crippen LogP contribution in [0.4, 0.5) is 0 Å². The minimum atomic E-state index is 0.0892. The summed E-state index contributed by atoms with van der Waals surface area (Å²) in [4.78, 5) is 2.08. The lowest BCUT2D eigenvalue weighted by Crippen LogP contribution is -2.23. The van der Waals surface area contributed by atoms with E-state index in [1.165, 1.54) is 11.3 Å². The molecule has 0 atom stereocenters. The first-order valence-corrected chi connectivity index (χ1v) is 5.27. The number of aliphatic hydroxyl groups excluding tert-OH is 1. The van der Waals surface area contributed by atoms with Crippen molar-refractivity contribution in [3.63, 3.8) is 0 Å². The number of aliphatic hydroxyl groups is 1. The molecule has 0 aliphatic carbocycles. The van der Waals surface area contributed by atoms with E-state index in [1.54, 1.807) is 0 Å². The molecule has 0 aliphatic rings. The molecule has 1 aromatic heterocycles. The lowest BCUT2D eigenvalue weighted by atomic mass is 9.89. The third kappa shape index (κ3) is 3.32. The lowest BCUT2D eigenvalue weighted by Gasteiger charge is -2.21. The molecule has 0 spiro atoms. The molecule has 0 saturated heterocycles. The Morgan fingerprint density at radius 3 is 2.67 bits per heavy atom. The first-order chi connectivity index (χ1) is 6.95. The van der Waals surface area contributed by atoms with Gasteiger partial charge in [0, 0.05) is 29.8 Å². The van der Waals surface area contributed by atoms with Crippen molar-refractivity contribution in [2.24, 2.45) is 0 Å². The van der Waals surface area contributed by atoms with E-state index in [0.717, 1.165) is 6.54 Å². The average molecular weight is 211 g/mol. The zero-order chi connectivity index (χ0) is 11.5. The van der Waals surface area contributed by atoms with E-state index in [-0.39, 0.29) is 12.0 Å². The van der Waals surface area contributed by atoms with Gasteiger partial charge < -0.3 is 5.11 Å². The molecule has 4 nitrogen and oxygen atoms in total. The Hall–Kier alpha value is -0.870. The molecule has 0 saturated carbocycles. The van der Waals surface area contributed by atoms with Crippen molar-refractivity contribution in [2.75, 3.05) is 20.2 Å². The molecule has 2 N–H and O–H groups in total. The van der Waals surface area contributed by atoms with Crippen molar-refractivity contribution >= 4 is 0 Å². The number of hydrogen-bond acceptors (Lipinski definition) is 3. The smallest absolute Gasteiger partial charge is 0.0558 e. The second-order valence-electron chi connectivity index (χ2n) is 4.98. The van der Waals surface area contributed by atoms with Crippen LogP contribution in [0, 0.1) is 0 Å². The van der Waals surface area contributed by atoms with Gasteiger partial charge in [-0.1, -0.05) is 20.8 Å². The lowest BCUT2D eigenvalue weighted by molar-refractivity contribution is 0.216. The summed E-state index contributed by atoms with van der Waals surface area (Å²) in [5.41, 5.74) is 2.47. The van der Waals surface area contributed by atoms with E-state index in [2.05, 4.69) is 35.9 Å². The fourth-order valence-electron chi connectivity index (χ4n) is 1.62. The molecule has 15 heavy (non-hydrogen) atoms. The summed E-state index contributed by atoms with van der Waals surface area (Å²) < 4.78 is 0. The summed E-state index contributed by atoms with van der Waals surface area (Å²) in [5, 5.41) is 16.0. The molecule has 1 rings (SSSR count). The molecular weight excluding hydrogens is 190 g/mol. The van der Waals surface area contributed by atoms with E-state index in [1.807, 2.05) is 13.2 Å². The van der Waals surface area contributed by atoms with Gasteiger partial charge in [0.2, 0.25) is 0 Å². The second kappa shape index (κ2) is 4.77. The Bertz CT molecular complexity index is 301. The minimum Gasteiger partial charge on any atom is -0.395 e. The van der Waals surface area contributed by atoms with Gasteiger partial charge in [-0.05, 0) is 7.05 Å². The van der Waals surface area contributed by atoms with Crippen LogP contribution in [-0.4, -0.2) is 40.4 Å². The first kappa shape index (κ1) is 12.2. The zero-order valence-corrected chi connectivity index (χ0v) is 10.0. The van der Waals surface area contributed by atoms with Gasteiger partial charge in [-0.15, -0.1) is 0 Å². The number of nitrogens with one attached hydrogen (secondary N) is 1. The molecule has 4 heteroatoms. The highest BCUT2D eigenvalue weighted by Crippen LogP contribution is 2.23. The maximum absolute atomic E-state index is 8.83. The molecule has 0 bridgehead atoms. The summed E-state index contributed by atoms with van der Waals surface area (Å²) >= 11 is 0. The SMILES string of the molecule is CN(CCO)Cc1cn[nH]c1C(C)(C)C. The summed E-state index contributed by atoms with van der Waals surface area (Å²) in [6.07, 6.45) is 1.87. The standard InChI is InChI=1S/C11H21N3O/c1-11(2,3)10-9(7-12-13-10)8-14(4)5-6-15/h7,15H,5-6,8H2,1-4H3,(H,12,13). The van der Waals surface area contributed by atoms with Crippen LogP contribution in [0.5, 0.6) is 0 Å². The van der Waals surface area contributed by atoms with Crippen molar-refractivity contribution in [3.05, 3.63) is 17.5 Å². The highest BCUT2D eigenvalue weighted by atomic mass is 16.3. The topological polar surface area (TPSA) is 52.1 Å². The number of H-pyrrole nitrogens is 1. The van der Waals surface area contributed by atoms with Crippen molar-refractivity contribution in [2.45, 2.75) is 32.7 Å². The third-order valence-electron chi connectivity index (χ3n) is 2.39. The van der Waals surface area contributed by atoms with Crippen LogP contribution in [0.25, 0.3) is 0 Å². The molecule has 1 aromatic rings. The highest BCUT2D eigenvalue weighted by molar-refractivity contribution is 5.23. The molecule has 0 fully saturated rings. The van der Waals surface area contributed by atoms with Crippen molar-refractivity contribution in [1.29, 1.82) is 0 Å². The Labute approximate surface area is 91.3 Å². The van der Waals surface area contributed by atoms with Crippen LogP contribution in [0.1, 0.15) is 32.0 Å². The maximum Gasteiger partial charge on any atom is 0.0558 e. The molecule has 0 aliphatic heterocycles. The second-order valence-corrected chi connectivity index (χ2v) is 4.98. The van der Waals surface area contributed by atoms with Gasteiger partial charge >= 0.3 is 0 Å². The summed E-state index contributed by atoms with van der Waals surface area (Å²) in [7, 11) is 2.00. The van der Waals surface area contributed by atoms with Gasteiger partial charge in [0.25, 0.3) is 0 Å². The zero-order valence-electron chi connectivity index (χ0n) is 10.0. The molecule has 0 amide bonds. The van der Waals surface area contributed by atoms with E-state index in [9.17, 15) is 0 Å². The van der Waals surface area contributed by atoms with Crippen molar-refractivity contribution in [1.82, 2.24) is 15.1 Å². The normalized spacial score (nSPS) is 12.4. The van der Waals surface area contributed by atoms with Crippen LogP contribution in [-0.2, 0) is 12.0 Å². The molecular formula is C11H21N3O. The quantitative estimate of drug-likeness (QED) is 0.785. The van der Waals surface area contributed by atoms with Crippen LogP contribution < -0.4 is 0 Å². The largest absolute Gasteiger partial charge is 0.395 e. The summed E-state index contributed by atoms with van der Waals surface area (Å²) in [6, 6.07) is 0. The van der Waals surface area contributed by atoms with Gasteiger partial charge in [-0.25, -0.2) is 0 Å². The number of aromatic amines is 1. The van der Waals surface area contributed by atoms with Gasteiger partial charge in [-0.2, -0.15) is 5.10 Å². The van der Waals surface area contributed by atoms with Crippen LogP contribution in [0.15, 0.2) is 6.20 Å². The van der Waals surface area contributed by atoms with Crippen LogP contribution in [0.2, 0.25) is 0 Å². The highest BCUT2D eigenvalue weighted by Gasteiger charge is 2.20.